The van der Waals surface area contributed by atoms with Gasteiger partial charge in [-0.05, 0) is 12.5 Å². The quantitative estimate of drug-likeness (QED) is 0.757. The summed E-state index contributed by atoms with van der Waals surface area (Å²) in [6, 6.07) is 5.67. The minimum absolute atomic E-state index is 0.462. The van der Waals surface area contributed by atoms with E-state index in [-0.39, 0.29) is 0 Å². The number of benzene rings is 1. The fourth-order valence-corrected chi connectivity index (χ4v) is 1.65. The molecule has 15 heavy (non-hydrogen) atoms. The van der Waals surface area contributed by atoms with Crippen molar-refractivity contribution in [2.75, 3.05) is 6.61 Å². The molecule has 0 bridgehead atoms. The van der Waals surface area contributed by atoms with Gasteiger partial charge < -0.3 is 10.5 Å². The molecule has 0 aromatic heterocycles. The van der Waals surface area contributed by atoms with Crippen LogP contribution in [0.25, 0.3) is 0 Å². The van der Waals surface area contributed by atoms with Gasteiger partial charge in [0, 0.05) is 12.1 Å². The van der Waals surface area contributed by atoms with Crippen molar-refractivity contribution in [2.45, 2.75) is 32.7 Å². The van der Waals surface area contributed by atoms with E-state index in [2.05, 4.69) is 6.92 Å². The predicted octanol–water partition coefficient (Wildman–Crippen LogP) is 3.37. The van der Waals surface area contributed by atoms with Crippen molar-refractivity contribution >= 4 is 11.6 Å². The third-order valence-corrected chi connectivity index (χ3v) is 2.56. The molecule has 0 amide bonds. The van der Waals surface area contributed by atoms with Gasteiger partial charge in [-0.1, -0.05) is 43.5 Å². The minimum atomic E-state index is 0.462. The highest BCUT2D eigenvalue weighted by atomic mass is 35.5. The van der Waals surface area contributed by atoms with Crippen molar-refractivity contribution in [1.29, 1.82) is 0 Å². The zero-order valence-corrected chi connectivity index (χ0v) is 9.89. The number of rotatable bonds is 6. The summed E-state index contributed by atoms with van der Waals surface area (Å²) >= 11 is 6.04. The molecule has 0 aliphatic heterocycles. The van der Waals surface area contributed by atoms with Crippen LogP contribution < -0.4 is 10.5 Å². The van der Waals surface area contributed by atoms with E-state index in [4.69, 9.17) is 22.1 Å². The number of hydrogen-bond donors (Lipinski definition) is 1. The Morgan fingerprint density at radius 2 is 2.13 bits per heavy atom. The molecule has 0 heterocycles. The van der Waals surface area contributed by atoms with E-state index in [1.165, 1.54) is 12.8 Å². The number of hydrogen-bond acceptors (Lipinski definition) is 2. The Bertz CT molecular complexity index is 302. The van der Waals surface area contributed by atoms with Crippen LogP contribution >= 0.6 is 11.6 Å². The molecule has 0 aliphatic carbocycles. The van der Waals surface area contributed by atoms with Crippen LogP contribution in [0.1, 0.15) is 31.7 Å². The van der Waals surface area contributed by atoms with Crippen molar-refractivity contribution in [3.8, 4) is 5.75 Å². The maximum absolute atomic E-state index is 6.04. The van der Waals surface area contributed by atoms with Crippen molar-refractivity contribution in [3.63, 3.8) is 0 Å². The first-order valence-electron chi connectivity index (χ1n) is 5.39. The SMILES string of the molecule is CCCCCOc1c(Cl)cccc1CN. The third-order valence-electron chi connectivity index (χ3n) is 2.26. The highest BCUT2D eigenvalue weighted by Gasteiger charge is 2.06. The highest BCUT2D eigenvalue weighted by Crippen LogP contribution is 2.28. The van der Waals surface area contributed by atoms with Crippen LogP contribution in [0.15, 0.2) is 18.2 Å². The lowest BCUT2D eigenvalue weighted by atomic mass is 10.2. The second kappa shape index (κ2) is 6.70. The Morgan fingerprint density at radius 3 is 2.80 bits per heavy atom. The van der Waals surface area contributed by atoms with Gasteiger partial charge in [0.25, 0.3) is 0 Å². The van der Waals surface area contributed by atoms with Gasteiger partial charge in [0.2, 0.25) is 0 Å². The van der Waals surface area contributed by atoms with Crippen LogP contribution in [0.3, 0.4) is 0 Å². The van der Waals surface area contributed by atoms with E-state index in [0.29, 0.717) is 18.2 Å². The summed E-state index contributed by atoms with van der Waals surface area (Å²) < 4.78 is 5.65. The fourth-order valence-electron chi connectivity index (χ4n) is 1.40. The van der Waals surface area contributed by atoms with Crippen LogP contribution in [-0.4, -0.2) is 6.61 Å². The molecule has 0 spiro atoms. The molecule has 1 aromatic rings. The summed E-state index contributed by atoms with van der Waals surface area (Å²) in [4.78, 5) is 0. The Hall–Kier alpha value is -0.730. The van der Waals surface area contributed by atoms with Gasteiger partial charge in [-0.25, -0.2) is 0 Å². The number of nitrogens with two attached hydrogens (primary N) is 1. The lowest BCUT2D eigenvalue weighted by Gasteiger charge is -2.11. The molecule has 1 rings (SSSR count). The normalized spacial score (nSPS) is 10.3. The van der Waals surface area contributed by atoms with E-state index in [1.807, 2.05) is 18.2 Å². The first-order chi connectivity index (χ1) is 7.29. The maximum atomic E-state index is 6.04. The van der Waals surface area contributed by atoms with E-state index in [0.717, 1.165) is 17.7 Å². The summed E-state index contributed by atoms with van der Waals surface area (Å²) in [5.41, 5.74) is 6.58. The Balaban J connectivity index is 2.58. The second-order valence-electron chi connectivity index (χ2n) is 3.49. The Morgan fingerprint density at radius 1 is 1.33 bits per heavy atom. The van der Waals surface area contributed by atoms with E-state index in [9.17, 15) is 0 Å². The molecule has 0 saturated carbocycles. The van der Waals surface area contributed by atoms with E-state index < -0.39 is 0 Å². The molecule has 0 radical (unpaired) electrons. The third kappa shape index (κ3) is 3.73. The van der Waals surface area contributed by atoms with Gasteiger partial charge in [0.05, 0.1) is 11.6 Å². The first kappa shape index (κ1) is 12.3. The molecule has 0 aliphatic rings. The minimum Gasteiger partial charge on any atom is -0.492 e. The smallest absolute Gasteiger partial charge is 0.142 e. The lowest BCUT2D eigenvalue weighted by molar-refractivity contribution is 0.303. The number of ether oxygens (including phenoxy) is 1. The largest absolute Gasteiger partial charge is 0.492 e. The molecule has 2 nitrogen and oxygen atoms in total. The predicted molar refractivity (Wildman–Crippen MR) is 64.4 cm³/mol. The van der Waals surface area contributed by atoms with Gasteiger partial charge in [-0.3, -0.25) is 0 Å². The standard InChI is InChI=1S/C12H18ClNO/c1-2-3-4-8-15-12-10(9-14)6-5-7-11(12)13/h5-7H,2-4,8-9,14H2,1H3. The molecule has 84 valence electrons. The molecular weight excluding hydrogens is 210 g/mol. The molecule has 3 heteroatoms. The summed E-state index contributed by atoms with van der Waals surface area (Å²) in [6.45, 7) is 3.34. The molecule has 1 aromatic carbocycles. The van der Waals surface area contributed by atoms with Gasteiger partial charge in [0.15, 0.2) is 0 Å². The molecule has 0 saturated heterocycles. The van der Waals surface area contributed by atoms with Crippen LogP contribution in [0, 0.1) is 0 Å². The first-order valence-corrected chi connectivity index (χ1v) is 5.77. The zero-order chi connectivity index (χ0) is 11.1. The number of halogens is 1. The Kier molecular flexibility index (Phi) is 5.51. The second-order valence-corrected chi connectivity index (χ2v) is 3.89. The fraction of sp³-hybridized carbons (Fsp3) is 0.500. The van der Waals surface area contributed by atoms with E-state index in [1.54, 1.807) is 0 Å². The topological polar surface area (TPSA) is 35.2 Å². The van der Waals surface area contributed by atoms with Crippen molar-refractivity contribution in [1.82, 2.24) is 0 Å². The van der Waals surface area contributed by atoms with Crippen LogP contribution in [0.5, 0.6) is 5.75 Å². The molecule has 2 N–H and O–H groups in total. The summed E-state index contributed by atoms with van der Waals surface area (Å²) in [5.74, 6) is 0.748. The summed E-state index contributed by atoms with van der Waals surface area (Å²) in [7, 11) is 0. The monoisotopic (exact) mass is 227 g/mol. The average molecular weight is 228 g/mol. The van der Waals surface area contributed by atoms with Crippen molar-refractivity contribution in [3.05, 3.63) is 28.8 Å². The highest BCUT2D eigenvalue weighted by molar-refractivity contribution is 6.32. The van der Waals surface area contributed by atoms with Crippen LogP contribution in [-0.2, 0) is 6.54 Å². The maximum Gasteiger partial charge on any atom is 0.142 e. The van der Waals surface area contributed by atoms with Crippen molar-refractivity contribution < 1.29 is 4.74 Å². The van der Waals surface area contributed by atoms with Gasteiger partial charge >= 0.3 is 0 Å². The lowest BCUT2D eigenvalue weighted by Crippen LogP contribution is -2.04. The van der Waals surface area contributed by atoms with E-state index >= 15 is 0 Å². The van der Waals surface area contributed by atoms with Gasteiger partial charge in [-0.2, -0.15) is 0 Å². The average Bonchev–Trinajstić information content (AvgIpc) is 2.26. The van der Waals surface area contributed by atoms with Crippen molar-refractivity contribution in [2.24, 2.45) is 5.73 Å². The zero-order valence-electron chi connectivity index (χ0n) is 9.13. The number of para-hydroxylation sites is 1. The van der Waals surface area contributed by atoms with Crippen LogP contribution in [0.4, 0.5) is 0 Å². The van der Waals surface area contributed by atoms with Crippen LogP contribution in [0.2, 0.25) is 5.02 Å². The molecule has 0 unspecified atom stereocenters. The van der Waals surface area contributed by atoms with Gasteiger partial charge in [0.1, 0.15) is 5.75 Å². The Labute approximate surface area is 96.4 Å². The molecule has 0 fully saturated rings. The summed E-state index contributed by atoms with van der Waals surface area (Å²) in [6.07, 6.45) is 3.43. The van der Waals surface area contributed by atoms with Gasteiger partial charge in [-0.15, -0.1) is 0 Å². The molecule has 0 atom stereocenters. The number of unbranched alkanes of at least 4 members (excludes halogenated alkanes) is 2. The summed E-state index contributed by atoms with van der Waals surface area (Å²) in [5, 5.41) is 0.648. The molecular formula is C12H18ClNO.